The maximum atomic E-state index is 12.8. The number of H-pyrrole nitrogens is 1. The van der Waals surface area contributed by atoms with Crippen molar-refractivity contribution in [2.75, 3.05) is 19.5 Å². The van der Waals surface area contributed by atoms with Gasteiger partial charge in [0.15, 0.2) is 5.78 Å². The average molecular weight is 323 g/mol. The van der Waals surface area contributed by atoms with E-state index in [0.717, 1.165) is 11.1 Å². The lowest BCUT2D eigenvalue weighted by molar-refractivity contribution is 0.268. The van der Waals surface area contributed by atoms with Crippen LogP contribution in [-0.2, 0) is 13.6 Å². The number of rotatable bonds is 6. The highest BCUT2D eigenvalue weighted by molar-refractivity contribution is 7.54. The Morgan fingerprint density at radius 3 is 2.36 bits per heavy atom. The Bertz CT molecular complexity index is 721. The third kappa shape index (κ3) is 3.62. The zero-order valence-electron chi connectivity index (χ0n) is 12.6. The first-order valence-corrected chi connectivity index (χ1v) is 8.19. The van der Waals surface area contributed by atoms with Gasteiger partial charge in [0.05, 0.1) is 0 Å². The lowest BCUT2D eigenvalue weighted by Gasteiger charge is -2.26. The van der Waals surface area contributed by atoms with Crippen LogP contribution in [0.4, 0.5) is 5.82 Å². The van der Waals surface area contributed by atoms with Gasteiger partial charge in [-0.3, -0.25) is 9.55 Å². The lowest BCUT2D eigenvalue weighted by Crippen LogP contribution is -2.18. The number of nitrogens with zero attached hydrogens (tertiary/aromatic N) is 1. The van der Waals surface area contributed by atoms with E-state index in [2.05, 4.69) is 15.3 Å². The van der Waals surface area contributed by atoms with E-state index < -0.39 is 19.1 Å². The van der Waals surface area contributed by atoms with Crippen molar-refractivity contribution < 1.29 is 13.6 Å². The van der Waals surface area contributed by atoms with Crippen LogP contribution >= 0.6 is 7.60 Å². The number of aryl methyl sites for hydroxylation is 1. The van der Waals surface area contributed by atoms with Crippen LogP contribution in [0.25, 0.3) is 0 Å². The minimum absolute atomic E-state index is 0.375. The van der Waals surface area contributed by atoms with Crippen LogP contribution in [0.1, 0.15) is 16.9 Å². The van der Waals surface area contributed by atoms with Crippen molar-refractivity contribution in [1.82, 2.24) is 9.97 Å². The summed E-state index contributed by atoms with van der Waals surface area (Å²) >= 11 is 0. The monoisotopic (exact) mass is 323 g/mol. The first-order valence-electron chi connectivity index (χ1n) is 6.58. The fourth-order valence-corrected chi connectivity index (χ4v) is 3.38. The van der Waals surface area contributed by atoms with E-state index >= 15 is 0 Å². The van der Waals surface area contributed by atoms with Crippen LogP contribution in [0.3, 0.4) is 0 Å². The standard InChI is InChI=1S/C14H18N3O4P/c1-10-4-6-11(7-5-10)13(22(19,20-2)21-3)16-12-8-9-15-14(18)17-12/h4-9,13H,1-3H3,(H2,15,16,17,18). The van der Waals surface area contributed by atoms with Gasteiger partial charge in [-0.05, 0) is 18.6 Å². The molecule has 0 aliphatic rings. The first-order chi connectivity index (χ1) is 10.5. The molecule has 0 amide bonds. The summed E-state index contributed by atoms with van der Waals surface area (Å²) in [5.74, 6) is -0.388. The summed E-state index contributed by atoms with van der Waals surface area (Å²) in [6.45, 7) is 1.96. The first kappa shape index (κ1) is 16.4. The molecule has 0 radical (unpaired) electrons. The van der Waals surface area contributed by atoms with E-state index in [0.29, 0.717) is 5.82 Å². The van der Waals surface area contributed by atoms with Crippen LogP contribution < -0.4 is 11.0 Å². The van der Waals surface area contributed by atoms with Crippen molar-refractivity contribution >= 4 is 13.4 Å². The molecule has 0 spiro atoms. The molecule has 1 heterocycles. The molecule has 0 aliphatic carbocycles. The fraction of sp³-hybridized carbons (Fsp3) is 0.286. The number of anilines is 1. The third-order valence-electron chi connectivity index (χ3n) is 3.19. The third-order valence-corrected chi connectivity index (χ3v) is 5.26. The van der Waals surface area contributed by atoms with Crippen molar-refractivity contribution in [2.24, 2.45) is 0 Å². The van der Waals surface area contributed by atoms with Gasteiger partial charge in [-0.2, -0.15) is 0 Å². The molecule has 8 heteroatoms. The zero-order chi connectivity index (χ0) is 16.2. The number of aromatic amines is 1. The largest absolute Gasteiger partial charge is 0.356 e. The SMILES string of the molecule is COP(=O)(OC)C(Nc1ccnc(=O)[nH]1)c1ccc(C)cc1. The molecule has 22 heavy (non-hydrogen) atoms. The van der Waals surface area contributed by atoms with Crippen molar-refractivity contribution in [1.29, 1.82) is 0 Å². The Morgan fingerprint density at radius 2 is 1.82 bits per heavy atom. The fourth-order valence-electron chi connectivity index (χ4n) is 1.98. The molecule has 2 N–H and O–H groups in total. The Labute approximate surface area is 128 Å². The molecule has 1 aromatic heterocycles. The van der Waals surface area contributed by atoms with Gasteiger partial charge in [-0.1, -0.05) is 29.8 Å². The summed E-state index contributed by atoms with van der Waals surface area (Å²) in [7, 11) is -0.819. The van der Waals surface area contributed by atoms with Gasteiger partial charge >= 0.3 is 13.3 Å². The van der Waals surface area contributed by atoms with Crippen LogP contribution in [-0.4, -0.2) is 24.2 Å². The second-order valence-electron chi connectivity index (χ2n) is 4.65. The van der Waals surface area contributed by atoms with Gasteiger partial charge in [0.25, 0.3) is 0 Å². The predicted octanol–water partition coefficient (Wildman–Crippen LogP) is 2.67. The van der Waals surface area contributed by atoms with Crippen LogP contribution in [0.15, 0.2) is 41.3 Å². The average Bonchev–Trinajstić information content (AvgIpc) is 2.53. The molecular formula is C14H18N3O4P. The second-order valence-corrected chi connectivity index (χ2v) is 6.98. The van der Waals surface area contributed by atoms with E-state index in [9.17, 15) is 9.36 Å². The van der Waals surface area contributed by atoms with Crippen molar-refractivity contribution in [3.63, 3.8) is 0 Å². The normalized spacial score (nSPS) is 12.9. The van der Waals surface area contributed by atoms with Gasteiger partial charge in [-0.25, -0.2) is 9.78 Å². The minimum atomic E-state index is -3.46. The molecular weight excluding hydrogens is 305 g/mol. The number of hydrogen-bond donors (Lipinski definition) is 2. The summed E-state index contributed by atoms with van der Waals surface area (Å²) in [5.41, 5.74) is 1.29. The summed E-state index contributed by atoms with van der Waals surface area (Å²) in [4.78, 5) is 17.4. The molecule has 7 nitrogen and oxygen atoms in total. The molecule has 0 saturated carbocycles. The zero-order valence-corrected chi connectivity index (χ0v) is 13.5. The molecule has 1 unspecified atom stereocenters. The summed E-state index contributed by atoms with van der Waals surface area (Å²) in [6.07, 6.45) is 1.36. The maximum absolute atomic E-state index is 12.8. The quantitative estimate of drug-likeness (QED) is 0.794. The minimum Gasteiger partial charge on any atom is -0.354 e. The molecule has 0 fully saturated rings. The van der Waals surface area contributed by atoms with E-state index in [1.54, 1.807) is 6.07 Å². The molecule has 1 aromatic carbocycles. The van der Waals surface area contributed by atoms with E-state index in [1.807, 2.05) is 31.2 Å². The Kier molecular flexibility index (Phi) is 5.13. The van der Waals surface area contributed by atoms with Crippen molar-refractivity contribution in [2.45, 2.75) is 12.7 Å². The summed E-state index contributed by atoms with van der Waals surface area (Å²) in [5, 5.41) is 2.99. The predicted molar refractivity (Wildman–Crippen MR) is 84.0 cm³/mol. The van der Waals surface area contributed by atoms with Gasteiger partial charge in [-0.15, -0.1) is 0 Å². The highest BCUT2D eigenvalue weighted by Gasteiger charge is 2.35. The van der Waals surface area contributed by atoms with Crippen molar-refractivity contribution in [3.8, 4) is 0 Å². The van der Waals surface area contributed by atoms with Gasteiger partial charge in [0.2, 0.25) is 0 Å². The van der Waals surface area contributed by atoms with Gasteiger partial charge in [0.1, 0.15) is 5.82 Å². The molecule has 0 saturated heterocycles. The van der Waals surface area contributed by atoms with Gasteiger partial charge in [0, 0.05) is 20.4 Å². The molecule has 118 valence electrons. The molecule has 0 bridgehead atoms. The molecule has 2 aromatic rings. The topological polar surface area (TPSA) is 93.3 Å². The maximum Gasteiger partial charge on any atom is 0.356 e. The number of nitrogens with one attached hydrogen (secondary N) is 2. The highest BCUT2D eigenvalue weighted by Crippen LogP contribution is 2.59. The molecule has 2 rings (SSSR count). The van der Waals surface area contributed by atoms with E-state index in [1.165, 1.54) is 20.4 Å². The summed E-state index contributed by atoms with van der Waals surface area (Å²) < 4.78 is 23.0. The molecule has 0 aliphatic heterocycles. The molecule has 1 atom stereocenters. The van der Waals surface area contributed by atoms with Crippen LogP contribution in [0, 0.1) is 6.92 Å². The number of benzene rings is 1. The number of hydrogen-bond acceptors (Lipinski definition) is 6. The van der Waals surface area contributed by atoms with E-state index in [-0.39, 0.29) is 0 Å². The highest BCUT2D eigenvalue weighted by atomic mass is 31.2. The van der Waals surface area contributed by atoms with Crippen molar-refractivity contribution in [3.05, 3.63) is 58.1 Å². The van der Waals surface area contributed by atoms with Crippen LogP contribution in [0.2, 0.25) is 0 Å². The second kappa shape index (κ2) is 6.87. The summed E-state index contributed by atoms with van der Waals surface area (Å²) in [6, 6.07) is 9.02. The van der Waals surface area contributed by atoms with E-state index in [4.69, 9.17) is 9.05 Å². The lowest BCUT2D eigenvalue weighted by atomic mass is 10.1. The smallest absolute Gasteiger partial charge is 0.354 e. The van der Waals surface area contributed by atoms with Crippen LogP contribution in [0.5, 0.6) is 0 Å². The Hall–Kier alpha value is -1.95. The number of aromatic nitrogens is 2. The Morgan fingerprint density at radius 1 is 1.18 bits per heavy atom. The van der Waals surface area contributed by atoms with Gasteiger partial charge < -0.3 is 14.4 Å². The Balaban J connectivity index is 2.43.